The Bertz CT molecular complexity index is 366. The second kappa shape index (κ2) is 5.53. The maximum absolute atomic E-state index is 7.02. The molecule has 2 heteroatoms. The molecule has 1 saturated heterocycles. The lowest BCUT2D eigenvalue weighted by molar-refractivity contribution is -0.131. The first-order valence-corrected chi connectivity index (χ1v) is 9.62. The van der Waals surface area contributed by atoms with Crippen LogP contribution in [0.3, 0.4) is 0 Å². The standard InChI is InChI=1S/C19H33NO/c20-19(11-4-5-16(13-19)15-6-7-15)17-8-12-21-18(14-17)9-2-1-3-10-18/h15-17H,1-14,20H2. The summed E-state index contributed by atoms with van der Waals surface area (Å²) in [6, 6.07) is 0. The van der Waals surface area contributed by atoms with Crippen LogP contribution in [0.2, 0.25) is 0 Å². The molecule has 3 unspecified atom stereocenters. The van der Waals surface area contributed by atoms with E-state index in [2.05, 4.69) is 0 Å². The zero-order chi connectivity index (χ0) is 14.3. The Morgan fingerprint density at radius 3 is 2.33 bits per heavy atom. The van der Waals surface area contributed by atoms with Crippen LogP contribution in [0.15, 0.2) is 0 Å². The predicted molar refractivity (Wildman–Crippen MR) is 86.1 cm³/mol. The van der Waals surface area contributed by atoms with Gasteiger partial charge < -0.3 is 10.5 Å². The minimum absolute atomic E-state index is 0.139. The van der Waals surface area contributed by atoms with Crippen LogP contribution in [-0.4, -0.2) is 17.7 Å². The van der Waals surface area contributed by atoms with Gasteiger partial charge in [0.2, 0.25) is 0 Å². The van der Waals surface area contributed by atoms with Crippen LogP contribution in [0.5, 0.6) is 0 Å². The summed E-state index contributed by atoms with van der Waals surface area (Å²) in [5.41, 5.74) is 7.39. The van der Waals surface area contributed by atoms with E-state index in [-0.39, 0.29) is 11.1 Å². The topological polar surface area (TPSA) is 35.2 Å². The zero-order valence-corrected chi connectivity index (χ0v) is 13.6. The summed E-state index contributed by atoms with van der Waals surface area (Å²) >= 11 is 0. The Balaban J connectivity index is 1.46. The molecule has 2 N–H and O–H groups in total. The van der Waals surface area contributed by atoms with Crippen LogP contribution in [0.25, 0.3) is 0 Å². The van der Waals surface area contributed by atoms with Crippen molar-refractivity contribution in [1.29, 1.82) is 0 Å². The average molecular weight is 291 g/mol. The maximum Gasteiger partial charge on any atom is 0.0685 e. The van der Waals surface area contributed by atoms with Crippen molar-refractivity contribution in [3.8, 4) is 0 Å². The van der Waals surface area contributed by atoms with E-state index < -0.39 is 0 Å². The van der Waals surface area contributed by atoms with Crippen LogP contribution < -0.4 is 5.73 Å². The normalized spacial score (nSPS) is 43.9. The zero-order valence-electron chi connectivity index (χ0n) is 13.6. The lowest BCUT2D eigenvalue weighted by Crippen LogP contribution is -2.56. The minimum atomic E-state index is 0.139. The Hall–Kier alpha value is -0.0800. The molecule has 21 heavy (non-hydrogen) atoms. The molecule has 1 heterocycles. The molecule has 0 aromatic heterocycles. The van der Waals surface area contributed by atoms with Gasteiger partial charge in [-0.3, -0.25) is 0 Å². The number of hydrogen-bond acceptors (Lipinski definition) is 2. The molecule has 0 bridgehead atoms. The van der Waals surface area contributed by atoms with E-state index >= 15 is 0 Å². The van der Waals surface area contributed by atoms with Crippen LogP contribution in [-0.2, 0) is 4.74 Å². The van der Waals surface area contributed by atoms with E-state index in [1.165, 1.54) is 83.5 Å². The molecule has 120 valence electrons. The SMILES string of the molecule is NC1(C2CCOC3(CCCCC3)C2)CCCC(C2CC2)C1. The second-order valence-electron chi connectivity index (χ2n) is 8.71. The van der Waals surface area contributed by atoms with Gasteiger partial charge in [-0.1, -0.05) is 32.1 Å². The van der Waals surface area contributed by atoms with Gasteiger partial charge in [0.15, 0.2) is 0 Å². The van der Waals surface area contributed by atoms with Crippen molar-refractivity contribution in [3.05, 3.63) is 0 Å². The lowest BCUT2D eigenvalue weighted by Gasteiger charge is -2.51. The van der Waals surface area contributed by atoms with Crippen molar-refractivity contribution in [2.75, 3.05) is 6.61 Å². The van der Waals surface area contributed by atoms with Gasteiger partial charge in [-0.25, -0.2) is 0 Å². The monoisotopic (exact) mass is 291 g/mol. The molecule has 4 aliphatic rings. The summed E-state index contributed by atoms with van der Waals surface area (Å²) in [6.45, 7) is 0.970. The van der Waals surface area contributed by atoms with Crippen molar-refractivity contribution >= 4 is 0 Å². The fourth-order valence-electron chi connectivity index (χ4n) is 5.79. The van der Waals surface area contributed by atoms with Gasteiger partial charge in [-0.05, 0) is 69.1 Å². The molecule has 1 aliphatic heterocycles. The Morgan fingerprint density at radius 2 is 1.57 bits per heavy atom. The summed E-state index contributed by atoms with van der Waals surface area (Å²) in [5, 5.41) is 0. The minimum Gasteiger partial charge on any atom is -0.375 e. The highest BCUT2D eigenvalue weighted by molar-refractivity contribution is 5.03. The van der Waals surface area contributed by atoms with Crippen molar-refractivity contribution < 1.29 is 4.74 Å². The number of nitrogens with two attached hydrogens (primary N) is 1. The molecule has 4 rings (SSSR count). The molecule has 0 aromatic rings. The molecule has 1 spiro atoms. The van der Waals surface area contributed by atoms with Gasteiger partial charge in [-0.2, -0.15) is 0 Å². The third-order valence-electron chi connectivity index (χ3n) is 7.22. The van der Waals surface area contributed by atoms with Gasteiger partial charge in [0.1, 0.15) is 0 Å². The molecule has 0 aromatic carbocycles. The Labute approximate surface area is 130 Å². The van der Waals surface area contributed by atoms with E-state index in [9.17, 15) is 0 Å². The van der Waals surface area contributed by atoms with Gasteiger partial charge in [0, 0.05) is 12.1 Å². The number of ether oxygens (including phenoxy) is 1. The molecule has 3 atom stereocenters. The van der Waals surface area contributed by atoms with Gasteiger partial charge >= 0.3 is 0 Å². The third kappa shape index (κ3) is 2.91. The summed E-state index contributed by atoms with van der Waals surface area (Å²) in [5.74, 6) is 2.72. The van der Waals surface area contributed by atoms with Gasteiger partial charge in [0.25, 0.3) is 0 Å². The Kier molecular flexibility index (Phi) is 3.82. The molecule has 2 nitrogen and oxygen atoms in total. The smallest absolute Gasteiger partial charge is 0.0685 e. The molecule has 3 aliphatic carbocycles. The van der Waals surface area contributed by atoms with Crippen molar-refractivity contribution in [2.24, 2.45) is 23.5 Å². The fraction of sp³-hybridized carbons (Fsp3) is 1.00. The highest BCUT2D eigenvalue weighted by Crippen LogP contribution is 2.51. The van der Waals surface area contributed by atoms with E-state index in [0.717, 1.165) is 24.4 Å². The Morgan fingerprint density at radius 1 is 0.762 bits per heavy atom. The average Bonchev–Trinajstić information content (AvgIpc) is 3.33. The van der Waals surface area contributed by atoms with Crippen LogP contribution >= 0.6 is 0 Å². The summed E-state index contributed by atoms with van der Waals surface area (Å²) in [7, 11) is 0. The van der Waals surface area contributed by atoms with Crippen LogP contribution in [0, 0.1) is 17.8 Å². The summed E-state index contributed by atoms with van der Waals surface area (Å²) in [6.07, 6.45) is 17.6. The lowest BCUT2D eigenvalue weighted by atomic mass is 9.63. The molecule has 3 saturated carbocycles. The van der Waals surface area contributed by atoms with Gasteiger partial charge in [0.05, 0.1) is 5.60 Å². The highest BCUT2D eigenvalue weighted by Gasteiger charge is 2.48. The van der Waals surface area contributed by atoms with Gasteiger partial charge in [-0.15, -0.1) is 0 Å². The van der Waals surface area contributed by atoms with Crippen molar-refractivity contribution in [1.82, 2.24) is 0 Å². The first-order valence-electron chi connectivity index (χ1n) is 9.62. The molecule has 0 amide bonds. The predicted octanol–water partition coefficient (Wildman–Crippen LogP) is 4.41. The fourth-order valence-corrected chi connectivity index (χ4v) is 5.79. The summed E-state index contributed by atoms with van der Waals surface area (Å²) < 4.78 is 6.30. The summed E-state index contributed by atoms with van der Waals surface area (Å²) in [4.78, 5) is 0. The van der Waals surface area contributed by atoms with Crippen LogP contribution in [0.4, 0.5) is 0 Å². The number of rotatable bonds is 2. The second-order valence-corrected chi connectivity index (χ2v) is 8.71. The quantitative estimate of drug-likeness (QED) is 0.817. The van der Waals surface area contributed by atoms with Crippen molar-refractivity contribution in [2.45, 2.75) is 94.6 Å². The molecule has 0 radical (unpaired) electrons. The largest absolute Gasteiger partial charge is 0.375 e. The first-order chi connectivity index (χ1) is 10.2. The van der Waals surface area contributed by atoms with E-state index in [0.29, 0.717) is 0 Å². The molecular formula is C19H33NO. The first kappa shape index (κ1) is 14.5. The molecular weight excluding hydrogens is 258 g/mol. The van der Waals surface area contributed by atoms with Crippen LogP contribution in [0.1, 0.15) is 83.5 Å². The van der Waals surface area contributed by atoms with Crippen molar-refractivity contribution in [3.63, 3.8) is 0 Å². The number of hydrogen-bond donors (Lipinski definition) is 1. The van der Waals surface area contributed by atoms with E-state index in [4.69, 9.17) is 10.5 Å². The maximum atomic E-state index is 7.02. The van der Waals surface area contributed by atoms with E-state index in [1.807, 2.05) is 0 Å². The third-order valence-corrected chi connectivity index (χ3v) is 7.22. The highest BCUT2D eigenvalue weighted by atomic mass is 16.5. The molecule has 4 fully saturated rings. The van der Waals surface area contributed by atoms with E-state index in [1.54, 1.807) is 0 Å².